The number of hydrogen-bond donors (Lipinski definition) is 1. The molecule has 3 rings (SSSR count). The molecular weight excluding hydrogens is 334 g/mol. The number of nitrogens with one attached hydrogen (secondary N) is 1. The van der Waals surface area contributed by atoms with Gasteiger partial charge in [0, 0.05) is 18.0 Å². The molecule has 0 aliphatic carbocycles. The van der Waals surface area contributed by atoms with Crippen LogP contribution < -0.4 is 14.2 Å². The third-order valence-corrected chi connectivity index (χ3v) is 5.91. The number of sulfonamides is 1. The molecule has 0 saturated carbocycles. The summed E-state index contributed by atoms with van der Waals surface area (Å²) in [4.78, 5) is 0.183. The number of benzene rings is 1. The van der Waals surface area contributed by atoms with Crippen LogP contribution in [0, 0.1) is 0 Å². The van der Waals surface area contributed by atoms with Gasteiger partial charge in [0.2, 0.25) is 10.0 Å². The highest BCUT2D eigenvalue weighted by molar-refractivity contribution is 7.89. The maximum Gasteiger partial charge on any atom is 0.240 e. The van der Waals surface area contributed by atoms with Gasteiger partial charge in [0.1, 0.15) is 13.2 Å². The van der Waals surface area contributed by atoms with Gasteiger partial charge in [-0.1, -0.05) is 13.8 Å². The summed E-state index contributed by atoms with van der Waals surface area (Å²) < 4.78 is 38.6. The lowest BCUT2D eigenvalue weighted by molar-refractivity contribution is 0.171. The Bertz CT molecular complexity index is 782. The van der Waals surface area contributed by atoms with E-state index in [-0.39, 0.29) is 10.3 Å². The average Bonchev–Trinajstić information content (AvgIpc) is 3.08. The molecule has 1 aromatic heterocycles. The summed E-state index contributed by atoms with van der Waals surface area (Å²) >= 11 is 1.60. The molecule has 1 aliphatic heterocycles. The van der Waals surface area contributed by atoms with Crippen LogP contribution in [0.2, 0.25) is 0 Å². The molecule has 0 fully saturated rings. The van der Waals surface area contributed by atoms with Crippen LogP contribution in [0.25, 0.3) is 0 Å². The second-order valence-electron chi connectivity index (χ2n) is 6.03. The number of thiophene rings is 1. The summed E-state index contributed by atoms with van der Waals surface area (Å²) in [5.74, 6) is 1.05. The van der Waals surface area contributed by atoms with Crippen LogP contribution in [0.1, 0.15) is 19.4 Å². The van der Waals surface area contributed by atoms with E-state index in [0.717, 1.165) is 5.56 Å². The Hall–Kier alpha value is -1.57. The van der Waals surface area contributed by atoms with Crippen LogP contribution in [-0.4, -0.2) is 28.2 Å². The Morgan fingerprint density at radius 3 is 2.61 bits per heavy atom. The van der Waals surface area contributed by atoms with Crippen molar-refractivity contribution in [1.29, 1.82) is 0 Å². The minimum Gasteiger partial charge on any atom is -0.486 e. The Balaban J connectivity index is 1.77. The van der Waals surface area contributed by atoms with Gasteiger partial charge >= 0.3 is 0 Å². The summed E-state index contributed by atoms with van der Waals surface area (Å²) in [5, 5.41) is 4.03. The molecule has 5 nitrogen and oxygen atoms in total. The molecule has 124 valence electrons. The predicted molar refractivity (Wildman–Crippen MR) is 90.0 cm³/mol. The summed E-state index contributed by atoms with van der Waals surface area (Å²) in [6.07, 6.45) is 0. The molecule has 0 atom stereocenters. The molecule has 0 bridgehead atoms. The molecule has 0 radical (unpaired) electrons. The van der Waals surface area contributed by atoms with Gasteiger partial charge in [-0.3, -0.25) is 0 Å². The third kappa shape index (κ3) is 3.52. The quantitative estimate of drug-likeness (QED) is 0.898. The molecule has 0 saturated heterocycles. The third-order valence-electron chi connectivity index (χ3n) is 3.83. The number of fused-ring (bicyclic) bond motifs is 1. The molecule has 1 N–H and O–H groups in total. The number of hydrogen-bond acceptors (Lipinski definition) is 5. The SMILES string of the molecule is CC(C)(CNS(=O)(=O)c1ccc2c(c1)OCCO2)c1ccsc1. The highest BCUT2D eigenvalue weighted by atomic mass is 32.2. The van der Waals surface area contributed by atoms with Crippen LogP contribution >= 0.6 is 11.3 Å². The van der Waals surface area contributed by atoms with Crippen molar-refractivity contribution in [3.63, 3.8) is 0 Å². The van der Waals surface area contributed by atoms with Crippen LogP contribution in [0.4, 0.5) is 0 Å². The normalized spacial score (nSPS) is 14.7. The van der Waals surface area contributed by atoms with E-state index in [1.165, 1.54) is 12.1 Å². The van der Waals surface area contributed by atoms with E-state index in [1.54, 1.807) is 17.4 Å². The second kappa shape index (κ2) is 6.14. The van der Waals surface area contributed by atoms with Gasteiger partial charge in [-0.05, 0) is 34.5 Å². The molecule has 23 heavy (non-hydrogen) atoms. The fourth-order valence-electron chi connectivity index (χ4n) is 2.30. The first-order chi connectivity index (χ1) is 10.9. The van der Waals surface area contributed by atoms with E-state index >= 15 is 0 Å². The monoisotopic (exact) mass is 353 g/mol. The Morgan fingerprint density at radius 2 is 1.91 bits per heavy atom. The molecule has 1 aromatic carbocycles. The van der Waals surface area contributed by atoms with Gasteiger partial charge in [0.05, 0.1) is 4.90 Å². The zero-order chi connectivity index (χ0) is 16.5. The molecule has 0 spiro atoms. The van der Waals surface area contributed by atoms with Gasteiger partial charge in [-0.15, -0.1) is 0 Å². The van der Waals surface area contributed by atoms with E-state index in [0.29, 0.717) is 31.3 Å². The minimum atomic E-state index is -3.60. The molecule has 1 aliphatic rings. The Kier molecular flexibility index (Phi) is 4.35. The maximum atomic E-state index is 12.5. The van der Waals surface area contributed by atoms with Crippen LogP contribution in [0.3, 0.4) is 0 Å². The summed E-state index contributed by atoms with van der Waals surface area (Å²) in [5.41, 5.74) is 0.841. The zero-order valence-electron chi connectivity index (χ0n) is 13.0. The van der Waals surface area contributed by atoms with Crippen molar-refractivity contribution < 1.29 is 17.9 Å². The first-order valence-corrected chi connectivity index (χ1v) is 9.73. The number of rotatable bonds is 5. The molecular formula is C16H19NO4S2. The van der Waals surface area contributed by atoms with E-state index < -0.39 is 10.0 Å². The van der Waals surface area contributed by atoms with Gasteiger partial charge in [0.15, 0.2) is 11.5 Å². The zero-order valence-corrected chi connectivity index (χ0v) is 14.7. The van der Waals surface area contributed by atoms with Gasteiger partial charge in [-0.25, -0.2) is 13.1 Å². The fourth-order valence-corrected chi connectivity index (χ4v) is 4.38. The average molecular weight is 353 g/mol. The van der Waals surface area contributed by atoms with E-state index in [4.69, 9.17) is 9.47 Å². The smallest absolute Gasteiger partial charge is 0.240 e. The maximum absolute atomic E-state index is 12.5. The van der Waals surface area contributed by atoms with Gasteiger partial charge < -0.3 is 9.47 Å². The Morgan fingerprint density at radius 1 is 1.17 bits per heavy atom. The highest BCUT2D eigenvalue weighted by Gasteiger charge is 2.25. The van der Waals surface area contributed by atoms with Crippen molar-refractivity contribution >= 4 is 21.4 Å². The summed E-state index contributed by atoms with van der Waals surface area (Å²) in [7, 11) is -3.60. The second-order valence-corrected chi connectivity index (χ2v) is 8.57. The standard InChI is InChI=1S/C16H19NO4S2/c1-16(2,12-5-8-22-10-12)11-17-23(18,19)13-3-4-14-15(9-13)21-7-6-20-14/h3-5,8-10,17H,6-7,11H2,1-2H3. The van der Waals surface area contributed by atoms with Crippen molar-refractivity contribution in [2.45, 2.75) is 24.2 Å². The van der Waals surface area contributed by atoms with Crippen molar-refractivity contribution in [3.8, 4) is 11.5 Å². The largest absolute Gasteiger partial charge is 0.486 e. The first kappa shape index (κ1) is 16.3. The lowest BCUT2D eigenvalue weighted by Gasteiger charge is -2.24. The van der Waals surface area contributed by atoms with Crippen LogP contribution in [0.15, 0.2) is 39.9 Å². The highest BCUT2D eigenvalue weighted by Crippen LogP contribution is 2.32. The molecule has 7 heteroatoms. The van der Waals surface area contributed by atoms with Crippen LogP contribution in [-0.2, 0) is 15.4 Å². The van der Waals surface area contributed by atoms with Gasteiger partial charge in [0.25, 0.3) is 0 Å². The van der Waals surface area contributed by atoms with E-state index in [9.17, 15) is 8.42 Å². The predicted octanol–water partition coefficient (Wildman–Crippen LogP) is 2.78. The lowest BCUT2D eigenvalue weighted by Crippen LogP contribution is -2.36. The minimum absolute atomic E-state index is 0.183. The number of ether oxygens (including phenoxy) is 2. The summed E-state index contributed by atoms with van der Waals surface area (Å²) in [6.45, 7) is 5.25. The van der Waals surface area contributed by atoms with Crippen molar-refractivity contribution in [3.05, 3.63) is 40.6 Å². The lowest BCUT2D eigenvalue weighted by atomic mass is 9.87. The Labute approximate surface area is 140 Å². The van der Waals surface area contributed by atoms with E-state index in [1.807, 2.05) is 30.7 Å². The van der Waals surface area contributed by atoms with Crippen molar-refractivity contribution in [2.75, 3.05) is 19.8 Å². The first-order valence-electron chi connectivity index (χ1n) is 7.30. The molecule has 0 unspecified atom stereocenters. The summed E-state index contributed by atoms with van der Waals surface area (Å²) in [6, 6.07) is 6.69. The van der Waals surface area contributed by atoms with Crippen molar-refractivity contribution in [2.24, 2.45) is 0 Å². The molecule has 2 aromatic rings. The molecule has 2 heterocycles. The van der Waals surface area contributed by atoms with E-state index in [2.05, 4.69) is 4.72 Å². The van der Waals surface area contributed by atoms with Crippen molar-refractivity contribution in [1.82, 2.24) is 4.72 Å². The molecule has 0 amide bonds. The van der Waals surface area contributed by atoms with Crippen LogP contribution in [0.5, 0.6) is 11.5 Å². The fraction of sp³-hybridized carbons (Fsp3) is 0.375. The topological polar surface area (TPSA) is 64.6 Å². The van der Waals surface area contributed by atoms with Gasteiger partial charge in [-0.2, -0.15) is 11.3 Å².